The van der Waals surface area contributed by atoms with Crippen molar-refractivity contribution in [3.63, 3.8) is 0 Å². The third-order valence-corrected chi connectivity index (χ3v) is 4.94. The first-order valence-electron chi connectivity index (χ1n) is 8.65. The number of carbonyl (C=O) groups excluding carboxylic acids is 2. The van der Waals surface area contributed by atoms with Crippen LogP contribution >= 0.6 is 0 Å². The zero-order chi connectivity index (χ0) is 19.4. The standard InChI is InChI=1S/C20H21NO5S/c1-27(24,25)13-14-6-5-9-16(12-14)20(23)26-18(15-7-3-2-4-8-15)19(22)21-17-10-11-17/h2-9,12,17-18H,10-11,13H2,1H3,(H,21,22)/t18-/m0/s1. The molecule has 0 aromatic heterocycles. The molecule has 0 heterocycles. The Morgan fingerprint density at radius 2 is 1.81 bits per heavy atom. The molecule has 7 heteroatoms. The molecule has 0 spiro atoms. The normalized spacial score (nSPS) is 15.0. The smallest absolute Gasteiger partial charge is 0.339 e. The van der Waals surface area contributed by atoms with Gasteiger partial charge in [-0.15, -0.1) is 0 Å². The van der Waals surface area contributed by atoms with Gasteiger partial charge in [-0.3, -0.25) is 4.79 Å². The van der Waals surface area contributed by atoms with Crippen LogP contribution in [0.25, 0.3) is 0 Å². The molecule has 1 N–H and O–H groups in total. The summed E-state index contributed by atoms with van der Waals surface area (Å²) in [5.74, 6) is -1.20. The molecule has 1 aliphatic carbocycles. The van der Waals surface area contributed by atoms with E-state index in [0.29, 0.717) is 11.1 Å². The molecule has 0 saturated heterocycles. The molecule has 1 saturated carbocycles. The molecule has 6 nitrogen and oxygen atoms in total. The average molecular weight is 387 g/mol. The Morgan fingerprint density at radius 1 is 1.11 bits per heavy atom. The van der Waals surface area contributed by atoms with Crippen molar-refractivity contribution >= 4 is 21.7 Å². The lowest BCUT2D eigenvalue weighted by molar-refractivity contribution is -0.130. The van der Waals surface area contributed by atoms with E-state index in [-0.39, 0.29) is 23.3 Å². The number of hydrogen-bond acceptors (Lipinski definition) is 5. The molecule has 2 aromatic carbocycles. The van der Waals surface area contributed by atoms with Gasteiger partial charge >= 0.3 is 5.97 Å². The second kappa shape index (κ2) is 7.92. The Morgan fingerprint density at radius 3 is 2.44 bits per heavy atom. The van der Waals surface area contributed by atoms with Crippen molar-refractivity contribution in [2.45, 2.75) is 30.7 Å². The molecule has 0 bridgehead atoms. The monoisotopic (exact) mass is 387 g/mol. The van der Waals surface area contributed by atoms with Crippen molar-refractivity contribution in [2.75, 3.05) is 6.26 Å². The minimum Gasteiger partial charge on any atom is -0.444 e. The van der Waals surface area contributed by atoms with Crippen molar-refractivity contribution in [3.8, 4) is 0 Å². The number of hydrogen-bond donors (Lipinski definition) is 1. The summed E-state index contributed by atoms with van der Waals surface area (Å²) >= 11 is 0. The molecule has 1 fully saturated rings. The second-order valence-corrected chi connectivity index (χ2v) is 8.89. The van der Waals surface area contributed by atoms with Crippen molar-refractivity contribution in [3.05, 3.63) is 71.3 Å². The van der Waals surface area contributed by atoms with E-state index in [0.717, 1.165) is 19.1 Å². The third-order valence-electron chi connectivity index (χ3n) is 4.08. The van der Waals surface area contributed by atoms with E-state index in [2.05, 4.69) is 5.32 Å². The second-order valence-electron chi connectivity index (χ2n) is 6.75. The van der Waals surface area contributed by atoms with Gasteiger partial charge in [-0.2, -0.15) is 0 Å². The number of nitrogens with one attached hydrogen (secondary N) is 1. The number of ether oxygens (including phenoxy) is 1. The Bertz CT molecular complexity index is 936. The van der Waals surface area contributed by atoms with Crippen LogP contribution in [0.15, 0.2) is 54.6 Å². The molecule has 1 amide bonds. The van der Waals surface area contributed by atoms with Gasteiger partial charge in [0.05, 0.1) is 11.3 Å². The van der Waals surface area contributed by atoms with Gasteiger partial charge in [-0.25, -0.2) is 13.2 Å². The largest absolute Gasteiger partial charge is 0.444 e. The predicted molar refractivity (Wildman–Crippen MR) is 101 cm³/mol. The van der Waals surface area contributed by atoms with E-state index in [4.69, 9.17) is 4.74 Å². The molecule has 0 aliphatic heterocycles. The van der Waals surface area contributed by atoms with E-state index in [1.54, 1.807) is 36.4 Å². The fraction of sp³-hybridized carbons (Fsp3) is 0.300. The third kappa shape index (κ3) is 5.65. The highest BCUT2D eigenvalue weighted by atomic mass is 32.2. The molecule has 1 aliphatic rings. The summed E-state index contributed by atoms with van der Waals surface area (Å²) in [7, 11) is -3.22. The lowest BCUT2D eigenvalue weighted by atomic mass is 10.1. The zero-order valence-electron chi connectivity index (χ0n) is 14.9. The lowest BCUT2D eigenvalue weighted by Gasteiger charge is -2.18. The van der Waals surface area contributed by atoms with Gasteiger partial charge in [0.1, 0.15) is 0 Å². The van der Waals surface area contributed by atoms with Crippen LogP contribution in [0, 0.1) is 0 Å². The number of rotatable bonds is 7. The van der Waals surface area contributed by atoms with E-state index in [9.17, 15) is 18.0 Å². The van der Waals surface area contributed by atoms with Crippen LogP contribution in [-0.2, 0) is 25.1 Å². The van der Waals surface area contributed by atoms with Crippen molar-refractivity contribution in [1.29, 1.82) is 0 Å². The Balaban J connectivity index is 1.79. The first kappa shape index (κ1) is 19.1. The quantitative estimate of drug-likeness (QED) is 0.737. The highest BCUT2D eigenvalue weighted by molar-refractivity contribution is 7.89. The van der Waals surface area contributed by atoms with E-state index >= 15 is 0 Å². The summed E-state index contributed by atoms with van der Waals surface area (Å²) in [5, 5.41) is 2.86. The molecule has 1 atom stereocenters. The summed E-state index contributed by atoms with van der Waals surface area (Å²) in [4.78, 5) is 25.1. The van der Waals surface area contributed by atoms with Crippen LogP contribution in [0.2, 0.25) is 0 Å². The van der Waals surface area contributed by atoms with Crippen molar-refractivity contribution < 1.29 is 22.7 Å². The van der Waals surface area contributed by atoms with Gasteiger partial charge in [0, 0.05) is 17.9 Å². The van der Waals surface area contributed by atoms with Crippen molar-refractivity contribution in [2.24, 2.45) is 0 Å². The molecule has 27 heavy (non-hydrogen) atoms. The van der Waals surface area contributed by atoms with Crippen molar-refractivity contribution in [1.82, 2.24) is 5.32 Å². The van der Waals surface area contributed by atoms with Crippen LogP contribution in [0.4, 0.5) is 0 Å². The van der Waals surface area contributed by atoms with Crippen LogP contribution in [-0.4, -0.2) is 32.6 Å². The first-order valence-corrected chi connectivity index (χ1v) is 10.7. The van der Waals surface area contributed by atoms with E-state index < -0.39 is 21.9 Å². The van der Waals surface area contributed by atoms with E-state index in [1.807, 2.05) is 6.07 Å². The van der Waals surface area contributed by atoms with Gasteiger partial charge in [-0.1, -0.05) is 42.5 Å². The van der Waals surface area contributed by atoms with Crippen LogP contribution in [0.1, 0.15) is 40.4 Å². The van der Waals surface area contributed by atoms with Gasteiger partial charge in [-0.05, 0) is 30.5 Å². The summed E-state index contributed by atoms with van der Waals surface area (Å²) in [5.41, 5.74) is 1.28. The molecule has 3 rings (SSSR count). The zero-order valence-corrected chi connectivity index (χ0v) is 15.7. The number of benzene rings is 2. The SMILES string of the molecule is CS(=O)(=O)Cc1cccc(C(=O)O[C@H](C(=O)NC2CC2)c2ccccc2)c1. The summed E-state index contributed by atoms with van der Waals surface area (Å²) in [6.45, 7) is 0. The van der Waals surface area contributed by atoms with Gasteiger partial charge in [0.25, 0.3) is 5.91 Å². The molecule has 142 valence electrons. The Labute approximate surface area is 158 Å². The summed E-state index contributed by atoms with van der Waals surface area (Å²) in [6, 6.07) is 15.2. The van der Waals surface area contributed by atoms with Gasteiger partial charge < -0.3 is 10.1 Å². The topological polar surface area (TPSA) is 89.5 Å². The maximum Gasteiger partial charge on any atom is 0.339 e. The minimum absolute atomic E-state index is 0.139. The predicted octanol–water partition coefficient (Wildman–Crippen LogP) is 2.41. The summed E-state index contributed by atoms with van der Waals surface area (Å²) in [6.07, 6.45) is 1.92. The average Bonchev–Trinajstić information content (AvgIpc) is 3.43. The fourth-order valence-electron chi connectivity index (χ4n) is 2.67. The molecular formula is C20H21NO5S. The highest BCUT2D eigenvalue weighted by Crippen LogP contribution is 2.24. The number of carbonyl (C=O) groups is 2. The van der Waals surface area contributed by atoms with Crippen LogP contribution < -0.4 is 5.32 Å². The molecule has 0 unspecified atom stereocenters. The number of amides is 1. The van der Waals surface area contributed by atoms with E-state index in [1.165, 1.54) is 12.1 Å². The van der Waals surface area contributed by atoms with Crippen LogP contribution in [0.5, 0.6) is 0 Å². The van der Waals surface area contributed by atoms with Gasteiger partial charge in [0.2, 0.25) is 6.10 Å². The maximum atomic E-state index is 12.6. The summed E-state index contributed by atoms with van der Waals surface area (Å²) < 4.78 is 28.4. The molecular weight excluding hydrogens is 366 g/mol. The van der Waals surface area contributed by atoms with Crippen LogP contribution in [0.3, 0.4) is 0 Å². The molecule has 2 aromatic rings. The fourth-order valence-corrected chi connectivity index (χ4v) is 3.46. The first-order chi connectivity index (χ1) is 12.8. The van der Waals surface area contributed by atoms with Gasteiger partial charge in [0.15, 0.2) is 9.84 Å². The number of esters is 1. The minimum atomic E-state index is -3.22. The highest BCUT2D eigenvalue weighted by Gasteiger charge is 2.31. The number of sulfone groups is 1. The Hall–Kier alpha value is -2.67. The molecule has 0 radical (unpaired) electrons. The lowest BCUT2D eigenvalue weighted by Crippen LogP contribution is -2.33. The Kier molecular flexibility index (Phi) is 5.60. The maximum absolute atomic E-state index is 12.6.